The van der Waals surface area contributed by atoms with Gasteiger partial charge in [-0.3, -0.25) is 0 Å². The number of para-hydroxylation sites is 2. The van der Waals surface area contributed by atoms with Crippen LogP contribution in [-0.2, 0) is 15.9 Å². The summed E-state index contributed by atoms with van der Waals surface area (Å²) >= 11 is -0.106. The average molecular weight is 1500 g/mol. The first kappa shape index (κ1) is 64.8. The van der Waals surface area contributed by atoms with Crippen LogP contribution in [0.15, 0.2) is 207 Å². The van der Waals surface area contributed by atoms with E-state index in [0.717, 1.165) is 128 Å². The monoisotopic (exact) mass is 1500 g/mol. The van der Waals surface area contributed by atoms with Gasteiger partial charge in [0.05, 0.1) is 34.6 Å². The van der Waals surface area contributed by atoms with Crippen molar-refractivity contribution in [1.82, 2.24) is 39.1 Å². The Morgan fingerprint density at radius 2 is 0.505 bits per heavy atom. The van der Waals surface area contributed by atoms with Crippen molar-refractivity contribution >= 4 is 45.8 Å². The van der Waals surface area contributed by atoms with Crippen LogP contribution in [0, 0.1) is 71.0 Å². The SMILES string of the molecule is [Cl][Pd][Cl].c1ccc(-c2nn(-c3ccccc3)c(-c3ccccc3)c2-n2nccc2P(C23CC4CC(CC(C4)C2)C3)C23CC4CC(CC(C4)C2)C3)cc1.c1ccc(-c2nn(-c3ccccc3)c(-c3ccccc3)c2-n2nccc2P(C23CC4CC(CC(C4)C2)C3)C23CC4CC(CC(C4)C2)C3)cc1. The van der Waals surface area contributed by atoms with Gasteiger partial charge in [0.15, 0.2) is 0 Å². The van der Waals surface area contributed by atoms with Crippen LogP contribution in [0.2, 0.25) is 0 Å². The molecule has 16 bridgehead atoms. The summed E-state index contributed by atoms with van der Waals surface area (Å²) in [5, 5.41) is 23.7. The van der Waals surface area contributed by atoms with E-state index in [-0.39, 0.29) is 15.9 Å². The second-order valence-corrected chi connectivity index (χ2v) is 42.9. The molecule has 8 nitrogen and oxygen atoms in total. The van der Waals surface area contributed by atoms with Gasteiger partial charge in [-0.1, -0.05) is 158 Å². The van der Waals surface area contributed by atoms with E-state index in [0.29, 0.717) is 20.6 Å². The number of benzene rings is 6. The molecule has 0 spiro atoms. The minimum absolute atomic E-state index is 0.106. The van der Waals surface area contributed by atoms with Gasteiger partial charge in [-0.05, 0) is 298 Å². The van der Waals surface area contributed by atoms with Gasteiger partial charge in [-0.15, -0.1) is 0 Å². The molecule has 0 N–H and O–H groups in total. The van der Waals surface area contributed by atoms with E-state index in [1.807, 2.05) is 0 Å². The summed E-state index contributed by atoms with van der Waals surface area (Å²) < 4.78 is 9.35. The molecule has 0 unspecified atom stereocenters. The second kappa shape index (κ2) is 26.1. The number of aromatic nitrogens is 8. The zero-order chi connectivity index (χ0) is 67.0. The molecular formula is C88H94Cl2N8P2Pd. The summed E-state index contributed by atoms with van der Waals surface area (Å²) in [6.07, 6.45) is 40.0. The quantitative estimate of drug-likeness (QED) is 0.0803. The molecule has 101 heavy (non-hydrogen) atoms. The molecule has 16 aliphatic rings. The van der Waals surface area contributed by atoms with E-state index < -0.39 is 15.8 Å². The maximum absolute atomic E-state index is 5.53. The van der Waals surface area contributed by atoms with Gasteiger partial charge >= 0.3 is 35.0 Å². The molecule has 16 fully saturated rings. The van der Waals surface area contributed by atoms with Gasteiger partial charge in [0.1, 0.15) is 34.2 Å². The standard InChI is InChI=1S/2C44H47N4P.2ClH.Pd/c2*1-4-10-36(11-5-1)40-42(41(37-12-6-2-7-13-37)47(46-40)38-14-8-3-9-15-38)48-39(16-17-45-48)49(43-24-30-18-31(25-43)20-32(19-30)26-43)44-27-33-21-34(28-44)23-35(22-33)29-44;;;/h2*1-17,30-35H,18-29H2;2*1H;/q;;;;+2/p-2. The Morgan fingerprint density at radius 3 is 0.743 bits per heavy atom. The molecule has 16 saturated carbocycles. The van der Waals surface area contributed by atoms with E-state index in [2.05, 4.69) is 225 Å². The summed E-state index contributed by atoms with van der Waals surface area (Å²) in [5.41, 5.74) is 16.6. The minimum Gasteiger partial charge on any atom is -0.230 e. The maximum Gasteiger partial charge on any atom is 0.120 e. The predicted octanol–water partition coefficient (Wildman–Crippen LogP) is 22.3. The van der Waals surface area contributed by atoms with Crippen LogP contribution in [0.25, 0.3) is 67.8 Å². The van der Waals surface area contributed by atoms with Crippen molar-refractivity contribution in [3.8, 4) is 67.8 Å². The molecule has 0 radical (unpaired) electrons. The number of rotatable bonds is 14. The van der Waals surface area contributed by atoms with Crippen molar-refractivity contribution < 1.29 is 15.9 Å². The fourth-order valence-corrected chi connectivity index (χ4v) is 37.0. The molecule has 0 aliphatic heterocycles. The van der Waals surface area contributed by atoms with E-state index >= 15 is 0 Å². The van der Waals surface area contributed by atoms with Crippen LogP contribution in [0.3, 0.4) is 0 Å². The largest absolute Gasteiger partial charge is 0.230 e. The van der Waals surface area contributed by atoms with Crippen LogP contribution < -0.4 is 10.9 Å². The van der Waals surface area contributed by atoms with Gasteiger partial charge in [0, 0.05) is 22.3 Å². The molecule has 0 atom stereocenters. The third-order valence-corrected chi connectivity index (χ3v) is 35.5. The Bertz CT molecular complexity index is 4090. The zero-order valence-electron chi connectivity index (χ0n) is 58.1. The van der Waals surface area contributed by atoms with Crippen molar-refractivity contribution in [2.75, 3.05) is 0 Å². The van der Waals surface area contributed by atoms with Crippen molar-refractivity contribution in [3.63, 3.8) is 0 Å². The summed E-state index contributed by atoms with van der Waals surface area (Å²) in [7, 11) is 8.72. The third-order valence-electron chi connectivity index (χ3n) is 28.0. The summed E-state index contributed by atoms with van der Waals surface area (Å²) in [6, 6.07) is 70.3. The molecule has 26 rings (SSSR count). The third kappa shape index (κ3) is 11.3. The van der Waals surface area contributed by atoms with Crippen LogP contribution in [0.4, 0.5) is 0 Å². The molecule has 520 valence electrons. The fourth-order valence-electron chi connectivity index (χ4n) is 26.6. The van der Waals surface area contributed by atoms with Crippen molar-refractivity contribution in [2.45, 2.75) is 175 Å². The van der Waals surface area contributed by atoms with Crippen LogP contribution in [-0.4, -0.2) is 59.7 Å². The zero-order valence-corrected chi connectivity index (χ0v) is 62.9. The van der Waals surface area contributed by atoms with Gasteiger partial charge in [0.25, 0.3) is 0 Å². The molecule has 10 aromatic rings. The van der Waals surface area contributed by atoms with Gasteiger partial charge < -0.3 is 0 Å². The molecular weight excluding hydrogens is 1410 g/mol. The van der Waals surface area contributed by atoms with E-state index in [4.69, 9.17) is 39.5 Å². The number of hydrogen-bond donors (Lipinski definition) is 0. The molecule has 4 aromatic heterocycles. The Hall–Kier alpha value is -5.74. The van der Waals surface area contributed by atoms with E-state index in [1.54, 1.807) is 10.9 Å². The maximum atomic E-state index is 5.53. The molecule has 0 saturated heterocycles. The first-order chi connectivity index (χ1) is 49.7. The molecule has 13 heteroatoms. The normalized spacial score (nSPS) is 33.6. The van der Waals surface area contributed by atoms with E-state index in [9.17, 15) is 0 Å². The van der Waals surface area contributed by atoms with Gasteiger partial charge in [-0.25, -0.2) is 18.7 Å². The Labute approximate surface area is 616 Å². The van der Waals surface area contributed by atoms with Crippen LogP contribution in [0.5, 0.6) is 0 Å². The van der Waals surface area contributed by atoms with Crippen molar-refractivity contribution in [3.05, 3.63) is 207 Å². The number of halogens is 2. The summed E-state index contributed by atoms with van der Waals surface area (Å²) in [4.78, 5) is 0. The first-order valence-corrected chi connectivity index (χ1v) is 45.5. The first-order valence-electron chi connectivity index (χ1n) is 38.8. The average Bonchev–Trinajstić information content (AvgIpc) is 1.57. The minimum atomic E-state index is -0.455. The number of hydrogen-bond acceptors (Lipinski definition) is 4. The van der Waals surface area contributed by atoms with Crippen LogP contribution in [0.1, 0.15) is 154 Å². The smallest absolute Gasteiger partial charge is 0.120 e. The molecule has 4 heterocycles. The number of nitrogens with zero attached hydrogens (tertiary/aromatic N) is 8. The van der Waals surface area contributed by atoms with Crippen molar-refractivity contribution in [1.29, 1.82) is 0 Å². The Morgan fingerprint density at radius 1 is 0.287 bits per heavy atom. The molecule has 0 amide bonds. The summed E-state index contributed by atoms with van der Waals surface area (Å²) in [5.74, 6) is 11.4. The summed E-state index contributed by atoms with van der Waals surface area (Å²) in [6.45, 7) is 0. The second-order valence-electron chi connectivity index (χ2n) is 34.5. The van der Waals surface area contributed by atoms with Crippen LogP contribution >= 0.6 is 34.9 Å². The molecule has 6 aromatic carbocycles. The van der Waals surface area contributed by atoms with Gasteiger partial charge in [0.2, 0.25) is 0 Å². The van der Waals surface area contributed by atoms with E-state index in [1.165, 1.54) is 165 Å². The topological polar surface area (TPSA) is 71.3 Å². The Balaban J connectivity index is 0.000000131. The van der Waals surface area contributed by atoms with Crippen molar-refractivity contribution in [2.24, 2.45) is 71.0 Å². The molecule has 16 aliphatic carbocycles. The predicted molar refractivity (Wildman–Crippen MR) is 412 cm³/mol. The van der Waals surface area contributed by atoms with Gasteiger partial charge in [-0.2, -0.15) is 20.4 Å². The Kier molecular flexibility index (Phi) is 16.7. The fraction of sp³-hybridized carbons (Fsp3) is 0.455.